The second-order valence-electron chi connectivity index (χ2n) is 2.45. The van der Waals surface area contributed by atoms with Gasteiger partial charge in [-0.2, -0.15) is 5.26 Å². The van der Waals surface area contributed by atoms with E-state index in [9.17, 15) is 0 Å². The Morgan fingerprint density at radius 2 is 2.46 bits per heavy atom. The Morgan fingerprint density at radius 3 is 3.00 bits per heavy atom. The van der Waals surface area contributed by atoms with Gasteiger partial charge in [-0.25, -0.2) is 4.98 Å². The zero-order valence-electron chi connectivity index (χ0n) is 7.45. The van der Waals surface area contributed by atoms with Gasteiger partial charge in [0.15, 0.2) is 0 Å². The molecule has 0 spiro atoms. The molecule has 0 saturated heterocycles. The summed E-state index contributed by atoms with van der Waals surface area (Å²) in [4.78, 5) is 3.95. The van der Waals surface area contributed by atoms with E-state index in [0.717, 1.165) is 6.54 Å². The molecule has 0 aliphatic carbocycles. The predicted molar refractivity (Wildman–Crippen MR) is 48.4 cm³/mol. The summed E-state index contributed by atoms with van der Waals surface area (Å²) in [5.41, 5.74) is 0.543. The third-order valence-corrected chi connectivity index (χ3v) is 1.47. The van der Waals surface area contributed by atoms with Crippen molar-refractivity contribution < 1.29 is 4.74 Å². The number of ether oxygens (including phenoxy) is 1. The van der Waals surface area contributed by atoms with Crippen molar-refractivity contribution in [2.24, 2.45) is 0 Å². The molecule has 0 amide bonds. The number of hydrogen-bond donors (Lipinski definition) is 1. The number of rotatable bonds is 4. The topological polar surface area (TPSA) is 57.9 Å². The highest BCUT2D eigenvalue weighted by molar-refractivity contribution is 5.28. The molecule has 0 fully saturated rings. The van der Waals surface area contributed by atoms with Gasteiger partial charge in [-0.1, -0.05) is 0 Å². The van der Waals surface area contributed by atoms with Crippen LogP contribution < -0.4 is 10.1 Å². The molecule has 0 saturated carbocycles. The number of nitrogens with zero attached hydrogens (tertiary/aromatic N) is 2. The fourth-order valence-corrected chi connectivity index (χ4v) is 0.789. The molecule has 1 rings (SSSR count). The number of nitrogens with one attached hydrogen (secondary N) is 1. The first kappa shape index (κ1) is 9.49. The molecule has 13 heavy (non-hydrogen) atoms. The summed E-state index contributed by atoms with van der Waals surface area (Å²) in [7, 11) is 1.86. The quantitative estimate of drug-likeness (QED) is 0.682. The van der Waals surface area contributed by atoms with Gasteiger partial charge in [-0.05, 0) is 13.1 Å². The summed E-state index contributed by atoms with van der Waals surface area (Å²) in [6.07, 6.45) is 1.49. The Hall–Kier alpha value is -1.60. The summed E-state index contributed by atoms with van der Waals surface area (Å²) >= 11 is 0. The maximum Gasteiger partial charge on any atom is 0.213 e. The van der Waals surface area contributed by atoms with Crippen molar-refractivity contribution in [3.05, 3.63) is 23.9 Å². The molecule has 4 heteroatoms. The molecule has 0 bridgehead atoms. The van der Waals surface area contributed by atoms with Crippen molar-refractivity contribution in [2.45, 2.75) is 0 Å². The van der Waals surface area contributed by atoms with E-state index in [1.165, 1.54) is 6.20 Å². The van der Waals surface area contributed by atoms with Gasteiger partial charge in [0, 0.05) is 18.8 Å². The SMILES string of the molecule is CNCCOc1ccc(C#N)cn1. The zero-order chi connectivity index (χ0) is 9.52. The Labute approximate surface area is 77.2 Å². The molecule has 0 atom stereocenters. The van der Waals surface area contributed by atoms with Gasteiger partial charge in [-0.3, -0.25) is 0 Å². The standard InChI is InChI=1S/C9H11N3O/c1-11-4-5-13-9-3-2-8(6-10)7-12-9/h2-3,7,11H,4-5H2,1H3. The van der Waals surface area contributed by atoms with Gasteiger partial charge >= 0.3 is 0 Å². The van der Waals surface area contributed by atoms with Crippen LogP contribution in [0.3, 0.4) is 0 Å². The summed E-state index contributed by atoms with van der Waals surface area (Å²) in [6.45, 7) is 1.36. The second kappa shape index (κ2) is 5.12. The molecule has 1 aromatic rings. The Morgan fingerprint density at radius 1 is 1.62 bits per heavy atom. The van der Waals surface area contributed by atoms with Crippen LogP contribution in [-0.2, 0) is 0 Å². The third kappa shape index (κ3) is 3.09. The molecule has 1 aromatic heterocycles. The second-order valence-corrected chi connectivity index (χ2v) is 2.45. The van der Waals surface area contributed by atoms with Crippen molar-refractivity contribution in [3.8, 4) is 11.9 Å². The van der Waals surface area contributed by atoms with Gasteiger partial charge in [0.2, 0.25) is 5.88 Å². The van der Waals surface area contributed by atoms with E-state index in [1.807, 2.05) is 13.1 Å². The van der Waals surface area contributed by atoms with Crippen molar-refractivity contribution in [2.75, 3.05) is 20.2 Å². The van der Waals surface area contributed by atoms with Crippen molar-refractivity contribution in [1.82, 2.24) is 10.3 Å². The van der Waals surface area contributed by atoms with Crippen molar-refractivity contribution in [3.63, 3.8) is 0 Å². The van der Waals surface area contributed by atoms with E-state index in [2.05, 4.69) is 10.3 Å². The average molecular weight is 177 g/mol. The Kier molecular flexibility index (Phi) is 3.74. The maximum atomic E-state index is 8.50. The van der Waals surface area contributed by atoms with Gasteiger partial charge < -0.3 is 10.1 Å². The Balaban J connectivity index is 2.46. The van der Waals surface area contributed by atoms with E-state index >= 15 is 0 Å². The van der Waals surface area contributed by atoms with Crippen LogP contribution in [0.1, 0.15) is 5.56 Å². The largest absolute Gasteiger partial charge is 0.476 e. The van der Waals surface area contributed by atoms with E-state index in [-0.39, 0.29) is 0 Å². The molecule has 0 unspecified atom stereocenters. The highest BCUT2D eigenvalue weighted by atomic mass is 16.5. The van der Waals surface area contributed by atoms with Gasteiger partial charge in [0.1, 0.15) is 12.7 Å². The average Bonchev–Trinajstić information content (AvgIpc) is 2.19. The lowest BCUT2D eigenvalue weighted by Gasteiger charge is -2.03. The number of likely N-dealkylation sites (N-methyl/N-ethyl adjacent to an activating group) is 1. The normalized spacial score (nSPS) is 9.23. The molecule has 0 aliphatic rings. The van der Waals surface area contributed by atoms with Crippen LogP contribution in [0.5, 0.6) is 5.88 Å². The Bertz CT molecular complexity index is 289. The van der Waals surface area contributed by atoms with E-state index in [1.54, 1.807) is 12.1 Å². The molecular formula is C9H11N3O. The lowest BCUT2D eigenvalue weighted by atomic mass is 10.3. The fraction of sp³-hybridized carbons (Fsp3) is 0.333. The number of pyridine rings is 1. The van der Waals surface area contributed by atoms with Crippen molar-refractivity contribution >= 4 is 0 Å². The molecule has 1 heterocycles. The molecule has 68 valence electrons. The minimum Gasteiger partial charge on any atom is -0.476 e. The van der Waals surface area contributed by atoms with E-state index in [0.29, 0.717) is 18.1 Å². The maximum absolute atomic E-state index is 8.50. The lowest BCUT2D eigenvalue weighted by molar-refractivity contribution is 0.306. The first-order valence-electron chi connectivity index (χ1n) is 4.00. The third-order valence-electron chi connectivity index (χ3n) is 1.47. The molecule has 4 nitrogen and oxygen atoms in total. The molecule has 1 N–H and O–H groups in total. The fourth-order valence-electron chi connectivity index (χ4n) is 0.789. The number of aromatic nitrogens is 1. The monoisotopic (exact) mass is 177 g/mol. The zero-order valence-corrected chi connectivity index (χ0v) is 7.45. The highest BCUT2D eigenvalue weighted by Gasteiger charge is 1.94. The number of hydrogen-bond acceptors (Lipinski definition) is 4. The van der Waals surface area contributed by atoms with Crippen LogP contribution >= 0.6 is 0 Å². The first-order valence-corrected chi connectivity index (χ1v) is 4.00. The van der Waals surface area contributed by atoms with Gasteiger partial charge in [0.25, 0.3) is 0 Å². The minimum absolute atomic E-state index is 0.543. The van der Waals surface area contributed by atoms with Crippen LogP contribution in [-0.4, -0.2) is 25.2 Å². The van der Waals surface area contributed by atoms with Crippen LogP contribution in [0.15, 0.2) is 18.3 Å². The summed E-state index contributed by atoms with van der Waals surface area (Å²) in [5, 5.41) is 11.5. The molecule has 0 aromatic carbocycles. The van der Waals surface area contributed by atoms with E-state index in [4.69, 9.17) is 10.00 Å². The lowest BCUT2D eigenvalue weighted by Crippen LogP contribution is -2.16. The number of nitriles is 1. The molecule has 0 aliphatic heterocycles. The van der Waals surface area contributed by atoms with E-state index < -0.39 is 0 Å². The summed E-state index contributed by atoms with van der Waals surface area (Å²) < 4.78 is 5.26. The van der Waals surface area contributed by atoms with Crippen LogP contribution in [0.25, 0.3) is 0 Å². The highest BCUT2D eigenvalue weighted by Crippen LogP contribution is 2.05. The summed E-state index contributed by atoms with van der Waals surface area (Å²) in [6, 6.07) is 5.36. The summed E-state index contributed by atoms with van der Waals surface area (Å²) in [5.74, 6) is 0.550. The smallest absolute Gasteiger partial charge is 0.213 e. The molecular weight excluding hydrogens is 166 g/mol. The van der Waals surface area contributed by atoms with Crippen LogP contribution in [0.2, 0.25) is 0 Å². The van der Waals surface area contributed by atoms with Crippen molar-refractivity contribution in [1.29, 1.82) is 5.26 Å². The predicted octanol–water partition coefficient (Wildman–Crippen LogP) is 0.551. The van der Waals surface area contributed by atoms with Gasteiger partial charge in [-0.15, -0.1) is 0 Å². The minimum atomic E-state index is 0.543. The first-order chi connectivity index (χ1) is 6.36. The van der Waals surface area contributed by atoms with Crippen LogP contribution in [0.4, 0.5) is 0 Å². The van der Waals surface area contributed by atoms with Gasteiger partial charge in [0.05, 0.1) is 5.56 Å². The molecule has 0 radical (unpaired) electrons. The van der Waals surface area contributed by atoms with Crippen LogP contribution in [0, 0.1) is 11.3 Å².